The first-order chi connectivity index (χ1) is 12.1. The molecule has 3 fully saturated rings. The molecule has 130 valence electrons. The lowest BCUT2D eigenvalue weighted by molar-refractivity contribution is -0.158. The number of hydrogen-bond donors (Lipinski definition) is 1. The highest BCUT2D eigenvalue weighted by Gasteiger charge is 2.75. The van der Waals surface area contributed by atoms with E-state index in [4.69, 9.17) is 4.74 Å². The highest BCUT2D eigenvalue weighted by molar-refractivity contribution is 5.98. The van der Waals surface area contributed by atoms with Crippen LogP contribution in [-0.4, -0.2) is 47.4 Å². The van der Waals surface area contributed by atoms with E-state index in [1.165, 1.54) is 5.57 Å². The molecule has 6 rings (SSSR count). The second kappa shape index (κ2) is 4.27. The van der Waals surface area contributed by atoms with E-state index in [0.717, 1.165) is 43.6 Å². The Labute approximate surface area is 146 Å². The molecule has 1 aliphatic carbocycles. The summed E-state index contributed by atoms with van der Waals surface area (Å²) in [7, 11) is 0. The van der Waals surface area contributed by atoms with Crippen LogP contribution < -0.4 is 4.90 Å². The van der Waals surface area contributed by atoms with E-state index in [2.05, 4.69) is 17.0 Å². The fraction of sp³-hybridized carbons (Fsp3) is 0.550. The van der Waals surface area contributed by atoms with Gasteiger partial charge in [0.15, 0.2) is 5.72 Å². The molecule has 4 unspecified atom stereocenters. The van der Waals surface area contributed by atoms with Gasteiger partial charge in [-0.3, -0.25) is 9.69 Å². The van der Waals surface area contributed by atoms with Crippen LogP contribution in [0.15, 0.2) is 29.8 Å². The molecule has 1 amide bonds. The normalized spacial score (nSPS) is 40.5. The Morgan fingerprint density at radius 2 is 2.24 bits per heavy atom. The maximum atomic E-state index is 12.6. The smallest absolute Gasteiger partial charge is 0.224 e. The average molecular weight is 338 g/mol. The second-order valence-corrected chi connectivity index (χ2v) is 8.12. The summed E-state index contributed by atoms with van der Waals surface area (Å²) >= 11 is 0. The van der Waals surface area contributed by atoms with Gasteiger partial charge in [0, 0.05) is 20.0 Å². The molecule has 2 saturated heterocycles. The molecule has 0 aromatic heterocycles. The number of phenols is 1. The zero-order valence-electron chi connectivity index (χ0n) is 14.4. The van der Waals surface area contributed by atoms with Crippen molar-refractivity contribution in [2.75, 3.05) is 24.6 Å². The summed E-state index contributed by atoms with van der Waals surface area (Å²) in [6, 6.07) is 5.79. The van der Waals surface area contributed by atoms with Crippen molar-refractivity contribution >= 4 is 11.6 Å². The number of hydrogen-bond acceptors (Lipinski definition) is 4. The lowest BCUT2D eigenvalue weighted by Gasteiger charge is -2.58. The molecule has 2 bridgehead atoms. The summed E-state index contributed by atoms with van der Waals surface area (Å²) in [6.07, 6.45) is 5.37. The van der Waals surface area contributed by atoms with E-state index in [1.807, 2.05) is 11.0 Å². The van der Waals surface area contributed by atoms with Crippen molar-refractivity contribution in [1.82, 2.24) is 4.90 Å². The maximum Gasteiger partial charge on any atom is 0.224 e. The van der Waals surface area contributed by atoms with Gasteiger partial charge in [0.25, 0.3) is 0 Å². The summed E-state index contributed by atoms with van der Waals surface area (Å²) in [5, 5.41) is 10.6. The van der Waals surface area contributed by atoms with E-state index in [9.17, 15) is 9.90 Å². The average Bonchev–Trinajstić information content (AvgIpc) is 3.24. The van der Waals surface area contributed by atoms with Gasteiger partial charge >= 0.3 is 0 Å². The standard InChI is InChI=1S/C20H22N2O3/c1-12(23)22-17-11-13-5-8-21-9-7-19(17,20(21)14(13)6-10-25-20)15-3-2-4-16(24)18(15)22/h2-4,6,13,17,24H,5,7-11H2,1H3. The molecule has 5 aliphatic rings. The van der Waals surface area contributed by atoms with Gasteiger partial charge in [0.1, 0.15) is 5.75 Å². The number of benzene rings is 1. The monoisotopic (exact) mass is 338 g/mol. The van der Waals surface area contributed by atoms with Crippen LogP contribution in [0.3, 0.4) is 0 Å². The summed E-state index contributed by atoms with van der Waals surface area (Å²) in [6.45, 7) is 4.33. The third kappa shape index (κ3) is 1.30. The highest BCUT2D eigenvalue weighted by atomic mass is 16.5. The number of rotatable bonds is 0. The second-order valence-electron chi connectivity index (χ2n) is 8.12. The lowest BCUT2D eigenvalue weighted by Crippen LogP contribution is -2.69. The first-order valence-electron chi connectivity index (χ1n) is 9.33. The minimum absolute atomic E-state index is 0.0166. The Hall–Kier alpha value is -1.85. The van der Waals surface area contributed by atoms with Gasteiger partial charge in [-0.15, -0.1) is 0 Å². The Morgan fingerprint density at radius 3 is 3.08 bits per heavy atom. The minimum Gasteiger partial charge on any atom is -0.506 e. The van der Waals surface area contributed by atoms with Crippen molar-refractivity contribution in [1.29, 1.82) is 0 Å². The molecule has 4 heterocycles. The molecule has 1 N–H and O–H groups in total. The van der Waals surface area contributed by atoms with Crippen LogP contribution in [0.5, 0.6) is 5.75 Å². The molecule has 4 aliphatic heterocycles. The topological polar surface area (TPSA) is 53.0 Å². The Balaban J connectivity index is 1.71. The van der Waals surface area contributed by atoms with E-state index >= 15 is 0 Å². The minimum atomic E-state index is -0.411. The van der Waals surface area contributed by atoms with Crippen molar-refractivity contribution in [3.05, 3.63) is 35.4 Å². The number of para-hydroxylation sites is 1. The van der Waals surface area contributed by atoms with E-state index in [0.29, 0.717) is 12.5 Å². The first kappa shape index (κ1) is 14.3. The number of nitrogens with zero attached hydrogens (tertiary/aromatic N) is 2. The summed E-state index contributed by atoms with van der Waals surface area (Å²) in [5.41, 5.74) is 2.59. The zero-order valence-corrected chi connectivity index (χ0v) is 14.4. The number of ether oxygens (including phenoxy) is 1. The molecule has 1 aromatic carbocycles. The first-order valence-corrected chi connectivity index (χ1v) is 9.33. The van der Waals surface area contributed by atoms with Gasteiger partial charge in [0.2, 0.25) is 5.91 Å². The number of fused-ring (bicyclic) bond motifs is 1. The molecule has 1 saturated carbocycles. The van der Waals surface area contributed by atoms with Gasteiger partial charge in [-0.2, -0.15) is 0 Å². The van der Waals surface area contributed by atoms with Gasteiger partial charge < -0.3 is 14.7 Å². The molecular weight excluding hydrogens is 316 g/mol. The maximum absolute atomic E-state index is 12.6. The van der Waals surface area contributed by atoms with Crippen LogP contribution in [0.25, 0.3) is 0 Å². The number of piperidine rings is 1. The predicted molar refractivity (Wildman–Crippen MR) is 92.4 cm³/mol. The highest BCUT2D eigenvalue weighted by Crippen LogP contribution is 2.69. The Kier molecular flexibility index (Phi) is 2.45. The number of amides is 1. The van der Waals surface area contributed by atoms with Crippen molar-refractivity contribution in [3.8, 4) is 5.75 Å². The summed E-state index contributed by atoms with van der Waals surface area (Å²) < 4.78 is 6.55. The third-order valence-electron chi connectivity index (χ3n) is 7.46. The van der Waals surface area contributed by atoms with Crippen LogP contribution in [0.4, 0.5) is 5.69 Å². The molecule has 5 nitrogen and oxygen atoms in total. The van der Waals surface area contributed by atoms with Gasteiger partial charge in [-0.25, -0.2) is 0 Å². The molecular formula is C20H22N2O3. The molecule has 0 radical (unpaired) electrons. The van der Waals surface area contributed by atoms with Crippen molar-refractivity contribution in [2.45, 2.75) is 43.4 Å². The number of phenolic OH excluding ortho intramolecular Hbond substituents is 1. The van der Waals surface area contributed by atoms with E-state index < -0.39 is 5.72 Å². The molecule has 2 spiro atoms. The van der Waals surface area contributed by atoms with Gasteiger partial charge in [0.05, 0.1) is 23.8 Å². The molecule has 5 heteroatoms. The third-order valence-corrected chi connectivity index (χ3v) is 7.46. The Morgan fingerprint density at radius 1 is 1.36 bits per heavy atom. The molecule has 25 heavy (non-hydrogen) atoms. The molecule has 4 atom stereocenters. The fourth-order valence-electron chi connectivity index (χ4n) is 6.84. The van der Waals surface area contributed by atoms with E-state index in [1.54, 1.807) is 13.0 Å². The van der Waals surface area contributed by atoms with Crippen molar-refractivity contribution in [2.24, 2.45) is 5.92 Å². The zero-order chi connectivity index (χ0) is 17.0. The van der Waals surface area contributed by atoms with Crippen LogP contribution in [-0.2, 0) is 14.9 Å². The van der Waals surface area contributed by atoms with Crippen LogP contribution in [0, 0.1) is 5.92 Å². The van der Waals surface area contributed by atoms with Crippen LogP contribution in [0.2, 0.25) is 0 Å². The summed E-state index contributed by atoms with van der Waals surface area (Å²) in [5.74, 6) is 0.709. The van der Waals surface area contributed by atoms with E-state index in [-0.39, 0.29) is 23.1 Å². The summed E-state index contributed by atoms with van der Waals surface area (Å²) in [4.78, 5) is 17.0. The van der Waals surface area contributed by atoms with Crippen LogP contribution >= 0.6 is 0 Å². The number of anilines is 1. The predicted octanol–water partition coefficient (Wildman–Crippen LogP) is 2.15. The largest absolute Gasteiger partial charge is 0.506 e. The Bertz CT molecular complexity index is 849. The van der Waals surface area contributed by atoms with Gasteiger partial charge in [-0.05, 0) is 42.4 Å². The lowest BCUT2D eigenvalue weighted by atomic mass is 9.56. The SMILES string of the molecule is CC(=O)N1c2c(O)cccc2C23CCN4CCC(CC12)C1=CCOC143. The fourth-order valence-corrected chi connectivity index (χ4v) is 6.84. The van der Waals surface area contributed by atoms with Crippen LogP contribution in [0.1, 0.15) is 31.7 Å². The number of carbonyl (C=O) groups is 1. The number of aromatic hydroxyl groups is 1. The van der Waals surface area contributed by atoms with Crippen molar-refractivity contribution < 1.29 is 14.6 Å². The number of carbonyl (C=O) groups excluding carboxylic acids is 1. The van der Waals surface area contributed by atoms with Crippen molar-refractivity contribution in [3.63, 3.8) is 0 Å². The quantitative estimate of drug-likeness (QED) is 0.737. The molecule has 1 aromatic rings. The van der Waals surface area contributed by atoms with Gasteiger partial charge in [-0.1, -0.05) is 18.2 Å².